The van der Waals surface area contributed by atoms with Crippen molar-refractivity contribution in [3.8, 4) is 0 Å². The quantitative estimate of drug-likeness (QED) is 0.776. The van der Waals surface area contributed by atoms with E-state index in [1.807, 2.05) is 0 Å². The molecule has 1 aromatic rings. The lowest BCUT2D eigenvalue weighted by atomic mass is 10.3. The number of nitrogens with zero attached hydrogens (tertiary/aromatic N) is 1. The first kappa shape index (κ1) is 13.0. The van der Waals surface area contributed by atoms with E-state index in [4.69, 9.17) is 0 Å². The molecule has 5 heteroatoms. The molecule has 0 aliphatic heterocycles. The molecule has 0 spiro atoms. The summed E-state index contributed by atoms with van der Waals surface area (Å²) in [5, 5.41) is 3.16. The molecule has 0 bridgehead atoms. The van der Waals surface area contributed by atoms with Crippen molar-refractivity contribution in [1.82, 2.24) is 4.98 Å². The highest BCUT2D eigenvalue weighted by molar-refractivity contribution is 7.91. The topological polar surface area (TPSA) is 59.1 Å². The van der Waals surface area contributed by atoms with E-state index >= 15 is 0 Å². The zero-order valence-corrected chi connectivity index (χ0v) is 10.5. The zero-order valence-electron chi connectivity index (χ0n) is 9.73. The molecule has 1 aromatic heterocycles. The monoisotopic (exact) mass is 242 g/mol. The second-order valence-corrected chi connectivity index (χ2v) is 5.87. The van der Waals surface area contributed by atoms with Gasteiger partial charge in [0.1, 0.15) is 0 Å². The van der Waals surface area contributed by atoms with Crippen molar-refractivity contribution in [3.05, 3.63) is 18.5 Å². The Hall–Kier alpha value is -1.10. The molecule has 16 heavy (non-hydrogen) atoms. The third kappa shape index (κ3) is 3.48. The second-order valence-electron chi connectivity index (χ2n) is 3.59. The predicted octanol–water partition coefficient (Wildman–Crippen LogP) is 2.09. The molecule has 0 saturated heterocycles. The number of nitrogens with one attached hydrogen (secondary N) is 1. The summed E-state index contributed by atoms with van der Waals surface area (Å²) >= 11 is 0. The van der Waals surface area contributed by atoms with Gasteiger partial charge in [0.25, 0.3) is 0 Å². The maximum Gasteiger partial charge on any atom is 0.179 e. The normalized spacial score (nSPS) is 11.4. The van der Waals surface area contributed by atoms with Gasteiger partial charge in [0.15, 0.2) is 9.84 Å². The molecular weight excluding hydrogens is 224 g/mol. The number of unbranched alkanes of at least 4 members (excludes halogenated alkanes) is 1. The van der Waals surface area contributed by atoms with Crippen molar-refractivity contribution < 1.29 is 8.42 Å². The van der Waals surface area contributed by atoms with Crippen LogP contribution in [0.25, 0.3) is 0 Å². The zero-order chi connectivity index (χ0) is 12.0. The third-order valence-corrected chi connectivity index (χ3v) is 4.01. The van der Waals surface area contributed by atoms with Crippen molar-refractivity contribution in [2.24, 2.45) is 0 Å². The van der Waals surface area contributed by atoms with Gasteiger partial charge in [-0.05, 0) is 12.5 Å². The lowest BCUT2D eigenvalue weighted by Crippen LogP contribution is -2.06. The first-order valence-corrected chi connectivity index (χ1v) is 7.17. The van der Waals surface area contributed by atoms with Crippen molar-refractivity contribution >= 4 is 15.5 Å². The summed E-state index contributed by atoms with van der Waals surface area (Å²) in [7, 11) is -3.15. The Morgan fingerprint density at radius 2 is 2.06 bits per heavy atom. The molecule has 0 atom stereocenters. The summed E-state index contributed by atoms with van der Waals surface area (Å²) in [6, 6.07) is 1.64. The summed E-state index contributed by atoms with van der Waals surface area (Å²) < 4.78 is 23.2. The molecule has 0 amide bonds. The lowest BCUT2D eigenvalue weighted by Gasteiger charge is -2.06. The SMILES string of the molecule is CCCCNc1cncc(S(=O)(=O)CC)c1. The van der Waals surface area contributed by atoms with E-state index in [1.54, 1.807) is 19.2 Å². The molecule has 0 aliphatic rings. The average molecular weight is 242 g/mol. The predicted molar refractivity (Wildman–Crippen MR) is 65.4 cm³/mol. The third-order valence-electron chi connectivity index (χ3n) is 2.31. The van der Waals surface area contributed by atoms with Crippen LogP contribution in [0.1, 0.15) is 26.7 Å². The highest BCUT2D eigenvalue weighted by Crippen LogP contribution is 2.14. The van der Waals surface area contributed by atoms with E-state index in [0.29, 0.717) is 0 Å². The van der Waals surface area contributed by atoms with Gasteiger partial charge < -0.3 is 5.32 Å². The summed E-state index contributed by atoms with van der Waals surface area (Å²) in [6.07, 6.45) is 5.20. The second kappa shape index (κ2) is 5.84. The lowest BCUT2D eigenvalue weighted by molar-refractivity contribution is 0.597. The maximum atomic E-state index is 11.6. The van der Waals surface area contributed by atoms with Gasteiger partial charge in [0.05, 0.1) is 22.5 Å². The first-order chi connectivity index (χ1) is 7.60. The van der Waals surface area contributed by atoms with Gasteiger partial charge in [-0.25, -0.2) is 8.42 Å². The Bertz CT molecular complexity index is 429. The number of anilines is 1. The van der Waals surface area contributed by atoms with Gasteiger partial charge in [-0.2, -0.15) is 0 Å². The number of hydrogen-bond acceptors (Lipinski definition) is 4. The van der Waals surface area contributed by atoms with Gasteiger partial charge in [-0.15, -0.1) is 0 Å². The molecule has 0 unspecified atom stereocenters. The van der Waals surface area contributed by atoms with Crippen LogP contribution >= 0.6 is 0 Å². The fourth-order valence-corrected chi connectivity index (χ4v) is 2.12. The Morgan fingerprint density at radius 3 is 2.69 bits per heavy atom. The highest BCUT2D eigenvalue weighted by atomic mass is 32.2. The van der Waals surface area contributed by atoms with E-state index in [0.717, 1.165) is 25.1 Å². The number of hydrogen-bond donors (Lipinski definition) is 1. The van der Waals surface area contributed by atoms with Crippen molar-refractivity contribution in [3.63, 3.8) is 0 Å². The number of rotatable bonds is 6. The molecule has 1 N–H and O–H groups in total. The average Bonchev–Trinajstić information content (AvgIpc) is 2.30. The smallest absolute Gasteiger partial charge is 0.179 e. The van der Waals surface area contributed by atoms with Crippen LogP contribution in [0.5, 0.6) is 0 Å². The van der Waals surface area contributed by atoms with Gasteiger partial charge in [-0.3, -0.25) is 4.98 Å². The van der Waals surface area contributed by atoms with E-state index in [2.05, 4.69) is 17.2 Å². The van der Waals surface area contributed by atoms with Crippen molar-refractivity contribution in [1.29, 1.82) is 0 Å². The van der Waals surface area contributed by atoms with Gasteiger partial charge in [0.2, 0.25) is 0 Å². The van der Waals surface area contributed by atoms with Crippen LogP contribution < -0.4 is 5.32 Å². The maximum absolute atomic E-state index is 11.6. The first-order valence-electron chi connectivity index (χ1n) is 5.51. The minimum Gasteiger partial charge on any atom is -0.384 e. The van der Waals surface area contributed by atoms with Crippen LogP contribution in [0, 0.1) is 0 Å². The molecule has 0 aliphatic carbocycles. The van der Waals surface area contributed by atoms with Crippen LogP contribution in [0.4, 0.5) is 5.69 Å². The summed E-state index contributed by atoms with van der Waals surface area (Å²) in [6.45, 7) is 4.58. The largest absolute Gasteiger partial charge is 0.384 e. The molecular formula is C11H18N2O2S. The van der Waals surface area contributed by atoms with Crippen molar-refractivity contribution in [2.75, 3.05) is 17.6 Å². The van der Waals surface area contributed by atoms with Gasteiger partial charge in [-0.1, -0.05) is 20.3 Å². The minimum absolute atomic E-state index is 0.104. The number of pyridine rings is 1. The Balaban J connectivity index is 2.79. The number of sulfone groups is 1. The van der Waals surface area contributed by atoms with Crippen LogP contribution in [0.2, 0.25) is 0 Å². The molecule has 1 heterocycles. The van der Waals surface area contributed by atoms with Crippen LogP contribution in [0.15, 0.2) is 23.4 Å². The van der Waals surface area contributed by atoms with E-state index < -0.39 is 9.84 Å². The Kier molecular flexibility index (Phi) is 4.73. The molecule has 0 fully saturated rings. The van der Waals surface area contributed by atoms with Gasteiger partial charge >= 0.3 is 0 Å². The van der Waals surface area contributed by atoms with Crippen LogP contribution in [0.3, 0.4) is 0 Å². The fraction of sp³-hybridized carbons (Fsp3) is 0.545. The summed E-state index contributed by atoms with van der Waals surface area (Å²) in [5.74, 6) is 0.104. The van der Waals surface area contributed by atoms with E-state index in [1.165, 1.54) is 6.20 Å². The summed E-state index contributed by atoms with van der Waals surface area (Å²) in [4.78, 5) is 4.22. The molecule has 90 valence electrons. The van der Waals surface area contributed by atoms with E-state index in [-0.39, 0.29) is 10.6 Å². The van der Waals surface area contributed by atoms with E-state index in [9.17, 15) is 8.42 Å². The molecule has 0 aromatic carbocycles. The van der Waals surface area contributed by atoms with Crippen molar-refractivity contribution in [2.45, 2.75) is 31.6 Å². The molecule has 0 radical (unpaired) electrons. The molecule has 1 rings (SSSR count). The Morgan fingerprint density at radius 1 is 1.31 bits per heavy atom. The van der Waals surface area contributed by atoms with Crippen LogP contribution in [-0.4, -0.2) is 25.7 Å². The number of aromatic nitrogens is 1. The van der Waals surface area contributed by atoms with Gasteiger partial charge in [0, 0.05) is 12.7 Å². The highest BCUT2D eigenvalue weighted by Gasteiger charge is 2.11. The standard InChI is InChI=1S/C11H18N2O2S/c1-3-5-6-13-10-7-11(9-12-8-10)16(14,15)4-2/h7-9,13H,3-6H2,1-2H3. The summed E-state index contributed by atoms with van der Waals surface area (Å²) in [5.41, 5.74) is 0.767. The Labute approximate surface area is 97.0 Å². The fourth-order valence-electron chi connectivity index (χ4n) is 1.26. The van der Waals surface area contributed by atoms with Crippen LogP contribution in [-0.2, 0) is 9.84 Å². The molecule has 0 saturated carbocycles. The minimum atomic E-state index is -3.15. The molecule has 4 nitrogen and oxygen atoms in total.